The number of piperazine rings is 1. The second kappa shape index (κ2) is 9.28. The van der Waals surface area contributed by atoms with Crippen molar-refractivity contribution in [2.45, 2.75) is 52.4 Å². The standard InChI is InChI=1S/C23H35N3O4S/c1-16(2)22(27)25-8-6-7-20(15-25)23(28)24-9-11-26(12-10-24)31(29,30)21-18(4)13-17(3)14-19(21)5/h13-14,16,20H,6-12,15H2,1-5H3/t20-/m1/s1. The zero-order valence-electron chi connectivity index (χ0n) is 19.3. The number of benzene rings is 1. The van der Waals surface area contributed by atoms with Gasteiger partial charge in [0.05, 0.1) is 10.8 Å². The molecule has 2 fully saturated rings. The summed E-state index contributed by atoms with van der Waals surface area (Å²) in [7, 11) is -3.60. The van der Waals surface area contributed by atoms with Crippen molar-refractivity contribution in [3.8, 4) is 0 Å². The van der Waals surface area contributed by atoms with Gasteiger partial charge in [-0.2, -0.15) is 4.31 Å². The van der Waals surface area contributed by atoms with Crippen molar-refractivity contribution >= 4 is 21.8 Å². The summed E-state index contributed by atoms with van der Waals surface area (Å²) in [6.07, 6.45) is 1.61. The summed E-state index contributed by atoms with van der Waals surface area (Å²) in [4.78, 5) is 29.4. The van der Waals surface area contributed by atoms with Crippen LogP contribution in [0.1, 0.15) is 43.4 Å². The van der Waals surface area contributed by atoms with Crippen LogP contribution < -0.4 is 0 Å². The lowest BCUT2D eigenvalue weighted by atomic mass is 9.95. The number of hydrogen-bond donors (Lipinski definition) is 0. The predicted molar refractivity (Wildman–Crippen MR) is 120 cm³/mol. The van der Waals surface area contributed by atoms with Crippen LogP contribution in [-0.2, 0) is 19.6 Å². The summed E-state index contributed by atoms with van der Waals surface area (Å²) < 4.78 is 28.1. The van der Waals surface area contributed by atoms with E-state index in [1.165, 1.54) is 4.31 Å². The van der Waals surface area contributed by atoms with Gasteiger partial charge in [-0.1, -0.05) is 31.5 Å². The molecular formula is C23H35N3O4S. The second-order valence-electron chi connectivity index (χ2n) is 9.24. The van der Waals surface area contributed by atoms with Crippen LogP contribution in [0.5, 0.6) is 0 Å². The number of carbonyl (C=O) groups is 2. The van der Waals surface area contributed by atoms with Gasteiger partial charge in [0, 0.05) is 45.2 Å². The summed E-state index contributed by atoms with van der Waals surface area (Å²) in [5.74, 6) is -0.129. The maximum atomic E-state index is 13.3. The third kappa shape index (κ3) is 4.95. The molecule has 2 heterocycles. The summed E-state index contributed by atoms with van der Waals surface area (Å²) in [6, 6.07) is 3.79. The molecule has 8 heteroatoms. The fourth-order valence-corrected chi connectivity index (χ4v) is 6.69. The van der Waals surface area contributed by atoms with Gasteiger partial charge in [0.1, 0.15) is 0 Å². The van der Waals surface area contributed by atoms with E-state index in [2.05, 4.69) is 0 Å². The van der Waals surface area contributed by atoms with E-state index in [9.17, 15) is 18.0 Å². The molecule has 0 aliphatic carbocycles. The molecule has 31 heavy (non-hydrogen) atoms. The molecule has 0 unspecified atom stereocenters. The first-order valence-electron chi connectivity index (χ1n) is 11.2. The van der Waals surface area contributed by atoms with Gasteiger partial charge in [-0.3, -0.25) is 9.59 Å². The van der Waals surface area contributed by atoms with Crippen LogP contribution in [0.25, 0.3) is 0 Å². The summed E-state index contributed by atoms with van der Waals surface area (Å²) >= 11 is 0. The zero-order valence-corrected chi connectivity index (χ0v) is 20.2. The first-order chi connectivity index (χ1) is 14.5. The van der Waals surface area contributed by atoms with Crippen molar-refractivity contribution in [3.63, 3.8) is 0 Å². The molecule has 2 aliphatic heterocycles. The number of sulfonamides is 1. The van der Waals surface area contributed by atoms with E-state index >= 15 is 0 Å². The number of hydrogen-bond acceptors (Lipinski definition) is 4. The van der Waals surface area contributed by atoms with Crippen molar-refractivity contribution < 1.29 is 18.0 Å². The first-order valence-corrected chi connectivity index (χ1v) is 12.6. The van der Waals surface area contributed by atoms with E-state index in [4.69, 9.17) is 0 Å². The van der Waals surface area contributed by atoms with E-state index in [1.54, 1.807) is 9.80 Å². The molecule has 0 spiro atoms. The van der Waals surface area contributed by atoms with Crippen LogP contribution in [0.15, 0.2) is 17.0 Å². The van der Waals surface area contributed by atoms with Crippen molar-refractivity contribution in [2.24, 2.45) is 11.8 Å². The number of aryl methyl sites for hydroxylation is 3. The van der Waals surface area contributed by atoms with Gasteiger partial charge in [0.15, 0.2) is 0 Å². The fraction of sp³-hybridized carbons (Fsp3) is 0.652. The topological polar surface area (TPSA) is 78.0 Å². The molecule has 2 amide bonds. The highest BCUT2D eigenvalue weighted by Crippen LogP contribution is 2.27. The van der Waals surface area contributed by atoms with Crippen molar-refractivity contribution in [2.75, 3.05) is 39.3 Å². The fourth-order valence-electron chi connectivity index (χ4n) is 4.85. The Hall–Kier alpha value is -1.93. The Morgan fingerprint density at radius 2 is 1.52 bits per heavy atom. The Balaban J connectivity index is 1.65. The lowest BCUT2D eigenvalue weighted by molar-refractivity contribution is -0.143. The van der Waals surface area contributed by atoms with E-state index in [0.717, 1.165) is 29.5 Å². The Labute approximate surface area is 186 Å². The minimum Gasteiger partial charge on any atom is -0.342 e. The molecule has 0 radical (unpaired) electrons. The predicted octanol–water partition coefficient (Wildman–Crippen LogP) is 2.34. The van der Waals surface area contributed by atoms with Crippen molar-refractivity contribution in [3.05, 3.63) is 28.8 Å². The molecule has 0 N–H and O–H groups in total. The molecule has 0 saturated carbocycles. The summed E-state index contributed by atoms with van der Waals surface area (Å²) in [6.45, 7) is 11.9. The molecular weight excluding hydrogens is 414 g/mol. The quantitative estimate of drug-likeness (QED) is 0.707. The highest BCUT2D eigenvalue weighted by atomic mass is 32.2. The van der Waals surface area contributed by atoms with Gasteiger partial charge >= 0.3 is 0 Å². The monoisotopic (exact) mass is 449 g/mol. The van der Waals surface area contributed by atoms with Gasteiger partial charge in [0.25, 0.3) is 0 Å². The molecule has 2 saturated heterocycles. The maximum Gasteiger partial charge on any atom is 0.243 e. The van der Waals surface area contributed by atoms with Crippen molar-refractivity contribution in [1.82, 2.24) is 14.1 Å². The SMILES string of the molecule is Cc1cc(C)c(S(=O)(=O)N2CCN(C(=O)[C@@H]3CCCN(C(=O)C(C)C)C3)CC2)c(C)c1. The van der Waals surface area contributed by atoms with E-state index < -0.39 is 10.0 Å². The molecule has 2 aliphatic rings. The van der Waals surface area contributed by atoms with Gasteiger partial charge in [-0.25, -0.2) is 8.42 Å². The minimum absolute atomic E-state index is 0.0426. The maximum absolute atomic E-state index is 13.3. The van der Waals surface area contributed by atoms with E-state index in [1.807, 2.05) is 46.8 Å². The second-order valence-corrected chi connectivity index (χ2v) is 11.1. The number of likely N-dealkylation sites (tertiary alicyclic amines) is 1. The number of nitrogens with zero attached hydrogens (tertiary/aromatic N) is 3. The van der Waals surface area contributed by atoms with E-state index in [-0.39, 0.29) is 23.7 Å². The van der Waals surface area contributed by atoms with Gasteiger partial charge in [0.2, 0.25) is 21.8 Å². The molecule has 1 aromatic rings. The Morgan fingerprint density at radius 1 is 0.935 bits per heavy atom. The molecule has 7 nitrogen and oxygen atoms in total. The molecule has 1 aromatic carbocycles. The van der Waals surface area contributed by atoms with Crippen LogP contribution in [0.3, 0.4) is 0 Å². The van der Waals surface area contributed by atoms with Gasteiger partial charge in [-0.05, 0) is 44.7 Å². The van der Waals surface area contributed by atoms with Crippen LogP contribution in [-0.4, -0.2) is 73.6 Å². The third-order valence-corrected chi connectivity index (χ3v) is 8.53. The molecule has 0 bridgehead atoms. The molecule has 1 atom stereocenters. The molecule has 172 valence electrons. The Kier molecular flexibility index (Phi) is 7.11. The zero-order chi connectivity index (χ0) is 22.9. The van der Waals surface area contributed by atoms with Crippen molar-refractivity contribution in [1.29, 1.82) is 0 Å². The summed E-state index contributed by atoms with van der Waals surface area (Å²) in [5.41, 5.74) is 2.56. The lowest BCUT2D eigenvalue weighted by Crippen LogP contribution is -2.54. The minimum atomic E-state index is -3.60. The largest absolute Gasteiger partial charge is 0.342 e. The molecule has 3 rings (SSSR count). The number of piperidine rings is 1. The highest BCUT2D eigenvalue weighted by Gasteiger charge is 2.36. The number of carbonyl (C=O) groups excluding carboxylic acids is 2. The van der Waals surface area contributed by atoms with Crippen LogP contribution in [0.4, 0.5) is 0 Å². The van der Waals surface area contributed by atoms with Crippen LogP contribution in [0.2, 0.25) is 0 Å². The Bertz CT molecular complexity index is 927. The highest BCUT2D eigenvalue weighted by molar-refractivity contribution is 7.89. The average molecular weight is 450 g/mol. The summed E-state index contributed by atoms with van der Waals surface area (Å²) in [5, 5.41) is 0. The van der Waals surface area contributed by atoms with Gasteiger partial charge < -0.3 is 9.80 Å². The lowest BCUT2D eigenvalue weighted by Gasteiger charge is -2.39. The number of amides is 2. The van der Waals surface area contributed by atoms with Gasteiger partial charge in [-0.15, -0.1) is 0 Å². The van der Waals surface area contributed by atoms with Crippen LogP contribution in [0, 0.1) is 32.6 Å². The molecule has 0 aromatic heterocycles. The third-order valence-electron chi connectivity index (χ3n) is 6.33. The normalized spacial score (nSPS) is 20.9. The number of rotatable bonds is 4. The average Bonchev–Trinajstić information content (AvgIpc) is 2.71. The van der Waals surface area contributed by atoms with Crippen LogP contribution >= 0.6 is 0 Å². The smallest absolute Gasteiger partial charge is 0.243 e. The Morgan fingerprint density at radius 3 is 2.06 bits per heavy atom. The van der Waals surface area contributed by atoms with E-state index in [0.29, 0.717) is 44.2 Å². The first kappa shape index (κ1) is 23.7.